The lowest BCUT2D eigenvalue weighted by Crippen LogP contribution is -2.16. The zero-order valence-electron chi connectivity index (χ0n) is 10.5. The van der Waals surface area contributed by atoms with Crippen LogP contribution in [-0.4, -0.2) is 25.7 Å². The summed E-state index contributed by atoms with van der Waals surface area (Å²) < 4.78 is 26.7. The van der Waals surface area contributed by atoms with Gasteiger partial charge in [0.2, 0.25) is 10.0 Å². The van der Waals surface area contributed by atoms with Crippen LogP contribution in [0.5, 0.6) is 5.75 Å². The van der Waals surface area contributed by atoms with E-state index < -0.39 is 14.9 Å². The molecule has 1 aromatic rings. The number of nitrogens with zero attached hydrogens (tertiary/aromatic N) is 1. The summed E-state index contributed by atoms with van der Waals surface area (Å²) in [5.74, 6) is 0.0762. The molecule has 7 nitrogen and oxygen atoms in total. The SMILES string of the molecule is Cc1cccc(OCCCCS(N)(=O)=O)c1[N+](=O)[O-]. The van der Waals surface area contributed by atoms with Crippen LogP contribution < -0.4 is 9.88 Å². The fourth-order valence-electron chi connectivity index (χ4n) is 1.57. The first-order valence-corrected chi connectivity index (χ1v) is 7.40. The van der Waals surface area contributed by atoms with Crippen molar-refractivity contribution in [3.05, 3.63) is 33.9 Å². The normalized spacial score (nSPS) is 11.3. The van der Waals surface area contributed by atoms with Gasteiger partial charge in [-0.05, 0) is 25.8 Å². The highest BCUT2D eigenvalue weighted by Gasteiger charge is 2.17. The van der Waals surface area contributed by atoms with Crippen LogP contribution in [0.15, 0.2) is 18.2 Å². The largest absolute Gasteiger partial charge is 0.487 e. The Morgan fingerprint density at radius 1 is 1.37 bits per heavy atom. The molecule has 0 saturated heterocycles. The number of hydrogen-bond donors (Lipinski definition) is 1. The van der Waals surface area contributed by atoms with Crippen LogP contribution in [0, 0.1) is 17.0 Å². The molecule has 0 amide bonds. The first-order chi connectivity index (χ1) is 8.81. The minimum Gasteiger partial charge on any atom is -0.487 e. The summed E-state index contributed by atoms with van der Waals surface area (Å²) in [4.78, 5) is 10.4. The average Bonchev–Trinajstić information content (AvgIpc) is 2.26. The predicted molar refractivity (Wildman–Crippen MR) is 70.5 cm³/mol. The zero-order valence-corrected chi connectivity index (χ0v) is 11.4. The molecule has 0 spiro atoms. The van der Waals surface area contributed by atoms with Crippen molar-refractivity contribution in [1.82, 2.24) is 0 Å². The van der Waals surface area contributed by atoms with E-state index in [9.17, 15) is 18.5 Å². The van der Waals surface area contributed by atoms with Gasteiger partial charge in [0.15, 0.2) is 5.75 Å². The lowest BCUT2D eigenvalue weighted by Gasteiger charge is -2.07. The smallest absolute Gasteiger partial charge is 0.313 e. The minimum absolute atomic E-state index is 0.0612. The molecule has 0 aliphatic heterocycles. The Labute approximate surface area is 111 Å². The maximum absolute atomic E-state index is 10.9. The van der Waals surface area contributed by atoms with Gasteiger partial charge in [-0.3, -0.25) is 10.1 Å². The van der Waals surface area contributed by atoms with Crippen LogP contribution in [0.2, 0.25) is 0 Å². The Hall–Kier alpha value is -1.67. The number of hydrogen-bond acceptors (Lipinski definition) is 5. The van der Waals surface area contributed by atoms with Gasteiger partial charge in [0.25, 0.3) is 0 Å². The summed E-state index contributed by atoms with van der Waals surface area (Å²) in [5, 5.41) is 15.7. The second-order valence-electron chi connectivity index (χ2n) is 4.10. The molecule has 19 heavy (non-hydrogen) atoms. The quantitative estimate of drug-likeness (QED) is 0.462. The Kier molecular flexibility index (Phi) is 5.25. The first-order valence-electron chi connectivity index (χ1n) is 5.68. The van der Waals surface area contributed by atoms with Crippen molar-refractivity contribution < 1.29 is 18.1 Å². The Morgan fingerprint density at radius 3 is 2.63 bits per heavy atom. The van der Waals surface area contributed by atoms with Gasteiger partial charge in [0, 0.05) is 5.56 Å². The van der Waals surface area contributed by atoms with E-state index in [0.717, 1.165) is 0 Å². The second kappa shape index (κ2) is 6.48. The molecule has 0 bridgehead atoms. The third-order valence-electron chi connectivity index (χ3n) is 2.46. The molecule has 1 rings (SSSR count). The zero-order chi connectivity index (χ0) is 14.5. The third-order valence-corrected chi connectivity index (χ3v) is 3.32. The van der Waals surface area contributed by atoms with Crippen molar-refractivity contribution in [2.24, 2.45) is 5.14 Å². The van der Waals surface area contributed by atoms with Crippen molar-refractivity contribution in [1.29, 1.82) is 0 Å². The molecule has 1 aromatic carbocycles. The summed E-state index contributed by atoms with van der Waals surface area (Å²) in [7, 11) is -3.46. The van der Waals surface area contributed by atoms with Gasteiger partial charge >= 0.3 is 5.69 Å². The molecule has 0 atom stereocenters. The summed E-state index contributed by atoms with van der Waals surface area (Å²) >= 11 is 0. The highest BCUT2D eigenvalue weighted by atomic mass is 32.2. The Bertz CT molecular complexity index is 556. The lowest BCUT2D eigenvalue weighted by atomic mass is 10.2. The van der Waals surface area contributed by atoms with Gasteiger partial charge in [-0.25, -0.2) is 13.6 Å². The molecule has 0 heterocycles. The molecule has 2 N–H and O–H groups in total. The van der Waals surface area contributed by atoms with Crippen LogP contribution in [0.4, 0.5) is 5.69 Å². The Balaban J connectivity index is 2.55. The number of sulfonamides is 1. The van der Waals surface area contributed by atoms with Crippen molar-refractivity contribution >= 4 is 15.7 Å². The van der Waals surface area contributed by atoms with Crippen molar-refractivity contribution in [3.63, 3.8) is 0 Å². The maximum Gasteiger partial charge on any atom is 0.313 e. The third kappa shape index (κ3) is 5.23. The number of ether oxygens (including phenoxy) is 1. The van der Waals surface area contributed by atoms with Gasteiger partial charge in [-0.15, -0.1) is 0 Å². The predicted octanol–water partition coefficient (Wildman–Crippen LogP) is 1.35. The van der Waals surface area contributed by atoms with Crippen molar-refractivity contribution in [3.8, 4) is 5.75 Å². The van der Waals surface area contributed by atoms with E-state index >= 15 is 0 Å². The standard InChI is InChI=1S/C11H16N2O5S/c1-9-5-4-6-10(11(9)13(14)15)18-7-2-3-8-19(12,16)17/h4-6H,2-3,7-8H2,1H3,(H2,12,16,17). The molecule has 106 valence electrons. The number of nitrogens with two attached hydrogens (primary N) is 1. The van der Waals surface area contributed by atoms with Crippen LogP contribution in [-0.2, 0) is 10.0 Å². The molecular formula is C11H16N2O5S. The van der Waals surface area contributed by atoms with Crippen molar-refractivity contribution in [2.45, 2.75) is 19.8 Å². The first kappa shape index (κ1) is 15.4. The van der Waals surface area contributed by atoms with Gasteiger partial charge in [0.1, 0.15) is 0 Å². The number of para-hydroxylation sites is 1. The molecule has 0 fully saturated rings. The molecule has 0 aromatic heterocycles. The van der Waals surface area contributed by atoms with Crippen LogP contribution in [0.25, 0.3) is 0 Å². The average molecular weight is 288 g/mol. The molecule has 0 radical (unpaired) electrons. The van der Waals surface area contributed by atoms with E-state index in [1.165, 1.54) is 6.07 Å². The van der Waals surface area contributed by atoms with Gasteiger partial charge in [0.05, 0.1) is 17.3 Å². The van der Waals surface area contributed by atoms with Gasteiger partial charge in [-0.1, -0.05) is 12.1 Å². The number of unbranched alkanes of at least 4 members (excludes halogenated alkanes) is 1. The lowest BCUT2D eigenvalue weighted by molar-refractivity contribution is -0.386. The van der Waals surface area contributed by atoms with Crippen LogP contribution >= 0.6 is 0 Å². The number of primary sulfonamides is 1. The van der Waals surface area contributed by atoms with E-state index in [4.69, 9.17) is 9.88 Å². The molecule has 8 heteroatoms. The molecular weight excluding hydrogens is 272 g/mol. The van der Waals surface area contributed by atoms with E-state index in [1.54, 1.807) is 19.1 Å². The fraction of sp³-hybridized carbons (Fsp3) is 0.455. The summed E-state index contributed by atoms with van der Waals surface area (Å²) in [6, 6.07) is 4.82. The number of benzene rings is 1. The second-order valence-corrected chi connectivity index (χ2v) is 5.84. The van der Waals surface area contributed by atoms with Gasteiger partial charge < -0.3 is 4.74 Å². The number of nitro groups is 1. The van der Waals surface area contributed by atoms with E-state index in [0.29, 0.717) is 18.4 Å². The molecule has 0 unspecified atom stereocenters. The highest BCUT2D eigenvalue weighted by Crippen LogP contribution is 2.30. The molecule has 0 saturated carbocycles. The number of nitro benzene ring substituents is 1. The van der Waals surface area contributed by atoms with E-state index in [1.807, 2.05) is 0 Å². The van der Waals surface area contributed by atoms with Gasteiger partial charge in [-0.2, -0.15) is 0 Å². The monoisotopic (exact) mass is 288 g/mol. The fourth-order valence-corrected chi connectivity index (χ4v) is 2.18. The topological polar surface area (TPSA) is 113 Å². The Morgan fingerprint density at radius 2 is 2.05 bits per heavy atom. The van der Waals surface area contributed by atoms with Crippen LogP contribution in [0.1, 0.15) is 18.4 Å². The highest BCUT2D eigenvalue weighted by molar-refractivity contribution is 7.89. The van der Waals surface area contributed by atoms with Crippen molar-refractivity contribution in [2.75, 3.05) is 12.4 Å². The number of aryl methyl sites for hydroxylation is 1. The van der Waals surface area contributed by atoms with E-state index in [2.05, 4.69) is 0 Å². The summed E-state index contributed by atoms with van der Waals surface area (Å²) in [6.07, 6.45) is 0.819. The minimum atomic E-state index is -3.46. The maximum atomic E-state index is 10.9. The summed E-state index contributed by atoms with van der Waals surface area (Å²) in [6.45, 7) is 1.84. The van der Waals surface area contributed by atoms with Crippen LogP contribution in [0.3, 0.4) is 0 Å². The summed E-state index contributed by atoms with van der Waals surface area (Å²) in [5.41, 5.74) is 0.459. The molecule has 0 aliphatic rings. The van der Waals surface area contributed by atoms with E-state index in [-0.39, 0.29) is 23.8 Å². The molecule has 0 aliphatic carbocycles. The number of rotatable bonds is 7.